The number of piperidine rings is 1. The van der Waals surface area contributed by atoms with Crippen molar-refractivity contribution in [3.05, 3.63) is 24.3 Å². The highest BCUT2D eigenvalue weighted by Crippen LogP contribution is 2.29. The van der Waals surface area contributed by atoms with Crippen LogP contribution in [-0.4, -0.2) is 55.3 Å². The molecule has 1 atom stereocenters. The number of benzene rings is 1. The number of sulfonamides is 1. The summed E-state index contributed by atoms with van der Waals surface area (Å²) in [6, 6.07) is 5.90. The third-order valence-electron chi connectivity index (χ3n) is 5.39. The number of hydrogen-bond donors (Lipinski definition) is 0. The lowest BCUT2D eigenvalue weighted by molar-refractivity contribution is -0.135. The van der Waals surface area contributed by atoms with Gasteiger partial charge in [0.15, 0.2) is 0 Å². The van der Waals surface area contributed by atoms with Crippen molar-refractivity contribution in [1.82, 2.24) is 9.21 Å². The van der Waals surface area contributed by atoms with Gasteiger partial charge in [-0.15, -0.1) is 0 Å². The number of ether oxygens (including phenoxy) is 1. The van der Waals surface area contributed by atoms with Gasteiger partial charge < -0.3 is 9.64 Å². The van der Waals surface area contributed by atoms with Gasteiger partial charge in [-0.3, -0.25) is 4.79 Å². The molecule has 27 heavy (non-hydrogen) atoms. The third-order valence-corrected chi connectivity index (χ3v) is 7.31. The van der Waals surface area contributed by atoms with Gasteiger partial charge in [-0.05, 0) is 69.7 Å². The summed E-state index contributed by atoms with van der Waals surface area (Å²) < 4.78 is 33.2. The zero-order valence-electron chi connectivity index (χ0n) is 16.4. The van der Waals surface area contributed by atoms with E-state index in [9.17, 15) is 13.2 Å². The monoisotopic (exact) mass is 394 g/mol. The fourth-order valence-electron chi connectivity index (χ4n) is 3.81. The Morgan fingerprint density at radius 2 is 1.70 bits per heavy atom. The maximum Gasteiger partial charge on any atom is 0.243 e. The van der Waals surface area contributed by atoms with Crippen molar-refractivity contribution in [1.29, 1.82) is 0 Å². The van der Waals surface area contributed by atoms with E-state index in [-0.39, 0.29) is 16.9 Å². The zero-order valence-corrected chi connectivity index (χ0v) is 17.2. The second-order valence-corrected chi connectivity index (χ2v) is 9.81. The van der Waals surface area contributed by atoms with Crippen LogP contribution in [0.5, 0.6) is 5.75 Å². The summed E-state index contributed by atoms with van der Waals surface area (Å²) in [5.74, 6) is 1.23. The van der Waals surface area contributed by atoms with Crippen LogP contribution in [0.3, 0.4) is 0 Å². The van der Waals surface area contributed by atoms with Gasteiger partial charge in [-0.2, -0.15) is 4.31 Å². The molecule has 0 bridgehead atoms. The van der Waals surface area contributed by atoms with E-state index < -0.39 is 16.1 Å². The summed E-state index contributed by atoms with van der Waals surface area (Å²) in [5.41, 5.74) is 0. The predicted octanol–water partition coefficient (Wildman–Crippen LogP) is 2.89. The highest BCUT2D eigenvalue weighted by atomic mass is 32.2. The first-order chi connectivity index (χ1) is 12.8. The van der Waals surface area contributed by atoms with Crippen LogP contribution in [0.25, 0.3) is 0 Å². The van der Waals surface area contributed by atoms with Crippen LogP contribution in [0, 0.1) is 5.92 Å². The summed E-state index contributed by atoms with van der Waals surface area (Å²) in [7, 11) is -3.70. The van der Waals surface area contributed by atoms with Crippen LogP contribution in [0.1, 0.15) is 46.5 Å². The molecule has 0 radical (unpaired) electrons. The van der Waals surface area contributed by atoms with Crippen molar-refractivity contribution in [2.75, 3.05) is 19.6 Å². The molecule has 7 heteroatoms. The van der Waals surface area contributed by atoms with E-state index in [2.05, 4.69) is 6.92 Å². The van der Waals surface area contributed by atoms with Gasteiger partial charge in [0.2, 0.25) is 15.9 Å². The minimum Gasteiger partial charge on any atom is -0.491 e. The summed E-state index contributed by atoms with van der Waals surface area (Å²) in [4.78, 5) is 15.0. The van der Waals surface area contributed by atoms with Crippen LogP contribution < -0.4 is 4.74 Å². The third kappa shape index (κ3) is 4.46. The molecular formula is C20H30N2O4S. The Labute approximate surface area is 162 Å². The van der Waals surface area contributed by atoms with E-state index in [0.29, 0.717) is 31.1 Å². The first-order valence-electron chi connectivity index (χ1n) is 9.86. The minimum atomic E-state index is -3.70. The minimum absolute atomic E-state index is 0.0281. The van der Waals surface area contributed by atoms with Gasteiger partial charge >= 0.3 is 0 Å². The topological polar surface area (TPSA) is 66.9 Å². The van der Waals surface area contributed by atoms with Crippen molar-refractivity contribution >= 4 is 15.9 Å². The molecule has 6 nitrogen and oxygen atoms in total. The van der Waals surface area contributed by atoms with Crippen LogP contribution in [0.4, 0.5) is 0 Å². The second kappa shape index (κ2) is 8.19. The molecule has 2 fully saturated rings. The lowest BCUT2D eigenvalue weighted by atomic mass is 9.98. The molecule has 0 aromatic heterocycles. The lowest BCUT2D eigenvalue weighted by Gasteiger charge is -2.34. The molecule has 150 valence electrons. The van der Waals surface area contributed by atoms with Crippen molar-refractivity contribution in [3.8, 4) is 5.75 Å². The Morgan fingerprint density at radius 1 is 1.07 bits per heavy atom. The number of rotatable bonds is 5. The fourth-order valence-corrected chi connectivity index (χ4v) is 5.46. The average molecular weight is 395 g/mol. The van der Waals surface area contributed by atoms with Crippen LogP contribution in [-0.2, 0) is 14.8 Å². The zero-order chi connectivity index (χ0) is 19.6. The SMILES string of the molecule is CC1CCN(C(=O)[C@H]2CCCN2S(=O)(=O)c2ccc(OC(C)C)cc2)CC1. The summed E-state index contributed by atoms with van der Waals surface area (Å²) in [6.07, 6.45) is 3.32. The van der Waals surface area contributed by atoms with Crippen molar-refractivity contribution in [2.45, 2.75) is 63.5 Å². The molecule has 0 saturated carbocycles. The Hall–Kier alpha value is -1.60. The van der Waals surface area contributed by atoms with Gasteiger partial charge in [-0.1, -0.05) is 6.92 Å². The molecule has 0 aliphatic carbocycles. The maximum absolute atomic E-state index is 13.1. The Morgan fingerprint density at radius 3 is 2.30 bits per heavy atom. The number of amides is 1. The van der Waals surface area contributed by atoms with E-state index in [1.165, 1.54) is 4.31 Å². The molecule has 0 N–H and O–H groups in total. The molecule has 2 aliphatic heterocycles. The van der Waals surface area contributed by atoms with E-state index in [0.717, 1.165) is 25.9 Å². The number of carbonyl (C=O) groups excluding carboxylic acids is 1. The predicted molar refractivity (Wildman–Crippen MR) is 104 cm³/mol. The van der Waals surface area contributed by atoms with E-state index >= 15 is 0 Å². The first kappa shape index (κ1) is 20.1. The fraction of sp³-hybridized carbons (Fsp3) is 0.650. The molecule has 1 aromatic rings. The quantitative estimate of drug-likeness (QED) is 0.770. The van der Waals surface area contributed by atoms with Crippen molar-refractivity contribution < 1.29 is 17.9 Å². The highest BCUT2D eigenvalue weighted by Gasteiger charge is 2.41. The second-order valence-electron chi connectivity index (χ2n) is 7.92. The summed E-state index contributed by atoms with van der Waals surface area (Å²) in [5, 5.41) is 0. The van der Waals surface area contributed by atoms with E-state index in [1.807, 2.05) is 18.7 Å². The Kier molecular flexibility index (Phi) is 6.11. The first-order valence-corrected chi connectivity index (χ1v) is 11.3. The highest BCUT2D eigenvalue weighted by molar-refractivity contribution is 7.89. The van der Waals surface area contributed by atoms with Crippen LogP contribution >= 0.6 is 0 Å². The Bertz CT molecular complexity index is 753. The largest absolute Gasteiger partial charge is 0.491 e. The molecule has 1 aromatic carbocycles. The van der Waals surface area contributed by atoms with Gasteiger partial charge in [0, 0.05) is 19.6 Å². The van der Waals surface area contributed by atoms with Gasteiger partial charge in [0.1, 0.15) is 11.8 Å². The average Bonchev–Trinajstić information content (AvgIpc) is 3.12. The maximum atomic E-state index is 13.1. The molecule has 2 saturated heterocycles. The molecule has 0 unspecified atom stereocenters. The van der Waals surface area contributed by atoms with Crippen LogP contribution in [0.15, 0.2) is 29.2 Å². The summed E-state index contributed by atoms with van der Waals surface area (Å²) >= 11 is 0. The Balaban J connectivity index is 1.75. The van der Waals surface area contributed by atoms with Crippen molar-refractivity contribution in [3.63, 3.8) is 0 Å². The molecule has 2 aliphatic rings. The standard InChI is InChI=1S/C20H30N2O4S/c1-15(2)26-17-6-8-18(9-7-17)27(24,25)22-12-4-5-19(22)20(23)21-13-10-16(3)11-14-21/h6-9,15-16,19H,4-5,10-14H2,1-3H3/t19-/m1/s1. The van der Waals surface area contributed by atoms with Gasteiger partial charge in [0.25, 0.3) is 0 Å². The smallest absolute Gasteiger partial charge is 0.243 e. The molecule has 1 amide bonds. The normalized spacial score (nSPS) is 22.4. The number of carbonyl (C=O) groups is 1. The van der Waals surface area contributed by atoms with E-state index in [1.54, 1.807) is 24.3 Å². The van der Waals surface area contributed by atoms with E-state index in [4.69, 9.17) is 4.74 Å². The number of nitrogens with zero attached hydrogens (tertiary/aromatic N) is 2. The molecule has 2 heterocycles. The van der Waals surface area contributed by atoms with Gasteiger partial charge in [0.05, 0.1) is 11.0 Å². The lowest BCUT2D eigenvalue weighted by Crippen LogP contribution is -2.49. The number of hydrogen-bond acceptors (Lipinski definition) is 4. The molecular weight excluding hydrogens is 364 g/mol. The van der Waals surface area contributed by atoms with Gasteiger partial charge in [-0.25, -0.2) is 8.42 Å². The molecule has 0 spiro atoms. The molecule has 3 rings (SSSR count). The van der Waals surface area contributed by atoms with Crippen LogP contribution in [0.2, 0.25) is 0 Å². The summed E-state index contributed by atoms with van der Waals surface area (Å²) in [6.45, 7) is 7.89. The van der Waals surface area contributed by atoms with Crippen molar-refractivity contribution in [2.24, 2.45) is 5.92 Å². The number of likely N-dealkylation sites (tertiary alicyclic amines) is 1.